The quantitative estimate of drug-likeness (QED) is 0.157. The summed E-state index contributed by atoms with van der Waals surface area (Å²) in [5, 5.41) is 29.3. The molecule has 0 aliphatic carbocycles. The minimum atomic E-state index is 0.664. The van der Waals surface area contributed by atoms with Gasteiger partial charge in [-0.3, -0.25) is 4.98 Å². The van der Waals surface area contributed by atoms with E-state index in [-0.39, 0.29) is 0 Å². The lowest BCUT2D eigenvalue weighted by Gasteiger charge is -1.98. The van der Waals surface area contributed by atoms with Crippen LogP contribution in [-0.2, 0) is 7.05 Å². The summed E-state index contributed by atoms with van der Waals surface area (Å²) in [4.78, 5) is 8.39. The monoisotopic (exact) mass is 555 g/mol. The zero-order valence-electron chi connectivity index (χ0n) is 20.4. The van der Waals surface area contributed by atoms with Gasteiger partial charge in [-0.1, -0.05) is 18.2 Å². The van der Waals surface area contributed by atoms with Gasteiger partial charge in [0.2, 0.25) is 5.52 Å². The number of benzene rings is 3. The second-order valence-corrected chi connectivity index (χ2v) is 8.89. The molecule has 0 saturated heterocycles. The highest BCUT2D eigenvalue weighted by Gasteiger charge is 2.06. The van der Waals surface area contributed by atoms with Crippen molar-refractivity contribution in [2.75, 3.05) is 0 Å². The molecule has 0 saturated carbocycles. The summed E-state index contributed by atoms with van der Waals surface area (Å²) in [5.74, 6) is 0. The molecule has 6 aromatic rings. The largest absolute Gasteiger partial charge is 0.256 e. The Morgan fingerprint density at radius 2 is 1.21 bits per heavy atom. The number of hydrogen-bond acceptors (Lipinski definition) is 5. The maximum atomic E-state index is 8.87. The molecule has 3 heterocycles. The van der Waals surface area contributed by atoms with Crippen molar-refractivity contribution in [2.24, 2.45) is 7.05 Å². The summed E-state index contributed by atoms with van der Waals surface area (Å²) in [6.07, 6.45) is 3.70. The van der Waals surface area contributed by atoms with Gasteiger partial charge in [0.05, 0.1) is 45.2 Å². The second-order valence-electron chi connectivity index (χ2n) is 8.07. The van der Waals surface area contributed by atoms with Crippen molar-refractivity contribution < 1.29 is 4.57 Å². The van der Waals surface area contributed by atoms with Crippen LogP contribution in [0.25, 0.3) is 32.7 Å². The Labute approximate surface area is 228 Å². The topological polar surface area (TPSA) is 101 Å². The molecule has 0 atom stereocenters. The molecule has 180 valence electrons. The molecule has 0 spiro atoms. The molecule has 0 aliphatic heterocycles. The smallest absolute Gasteiger partial charge is 0.213 e. The second kappa shape index (κ2) is 12.2. The van der Waals surface area contributed by atoms with E-state index in [0.29, 0.717) is 11.1 Å². The first kappa shape index (κ1) is 25.9. The van der Waals surface area contributed by atoms with Gasteiger partial charge in [0.1, 0.15) is 17.7 Å². The lowest BCUT2D eigenvalue weighted by Crippen LogP contribution is -2.27. The van der Waals surface area contributed by atoms with Crippen molar-refractivity contribution in [3.05, 3.63) is 125 Å². The molecule has 3 aromatic carbocycles. The molecule has 7 heteroatoms. The van der Waals surface area contributed by atoms with Crippen molar-refractivity contribution in [3.63, 3.8) is 0 Å². The third-order valence-corrected chi connectivity index (χ3v) is 6.18. The van der Waals surface area contributed by atoms with Crippen LogP contribution in [0, 0.1) is 34.0 Å². The van der Waals surface area contributed by atoms with Crippen LogP contribution in [0.15, 0.2) is 108 Å². The highest BCUT2D eigenvalue weighted by molar-refractivity contribution is 9.10. The number of aromatic nitrogens is 3. The average molecular weight is 556 g/mol. The highest BCUT2D eigenvalue weighted by atomic mass is 79.9. The van der Waals surface area contributed by atoms with Crippen LogP contribution >= 0.6 is 15.9 Å². The first-order valence-corrected chi connectivity index (χ1v) is 12.3. The first-order chi connectivity index (χ1) is 18.5. The predicted octanol–water partition coefficient (Wildman–Crippen LogP) is 6.51. The van der Waals surface area contributed by atoms with Crippen molar-refractivity contribution in [3.8, 4) is 18.2 Å². The molecule has 0 aliphatic rings. The van der Waals surface area contributed by atoms with Crippen molar-refractivity contribution in [1.29, 1.82) is 15.8 Å². The standard InChI is InChI=1S/C11H9N2.C10H5BrN2.C10H6N2/c1-13-7-3-5-10-9(8-12)4-2-6-11(10)13;11-10-5-4-8-7(6-12)2-1-3-9(8)13-10;11-7-8-3-1-5-10-9(8)4-2-6-12-10/h2-7H,1H3;1-5H;1-6H/q+1;;. The lowest BCUT2D eigenvalue weighted by atomic mass is 10.1. The van der Waals surface area contributed by atoms with Crippen LogP contribution in [0.4, 0.5) is 0 Å². The molecule has 6 rings (SSSR count). The molecule has 0 radical (unpaired) electrons. The number of nitrogens with zero attached hydrogens (tertiary/aromatic N) is 6. The van der Waals surface area contributed by atoms with E-state index < -0.39 is 0 Å². The van der Waals surface area contributed by atoms with Crippen molar-refractivity contribution >= 4 is 48.6 Å². The molecule has 0 N–H and O–H groups in total. The van der Waals surface area contributed by atoms with Gasteiger partial charge in [-0.2, -0.15) is 15.8 Å². The lowest BCUT2D eigenvalue weighted by molar-refractivity contribution is -0.644. The van der Waals surface area contributed by atoms with Gasteiger partial charge in [0, 0.05) is 29.1 Å². The number of fused-ring (bicyclic) bond motifs is 3. The van der Waals surface area contributed by atoms with E-state index in [2.05, 4.69) is 44.1 Å². The van der Waals surface area contributed by atoms with E-state index in [1.807, 2.05) is 96.7 Å². The van der Waals surface area contributed by atoms with Crippen molar-refractivity contribution in [2.45, 2.75) is 0 Å². The molecule has 0 unspecified atom stereocenters. The Bertz CT molecular complexity index is 1890. The molecule has 0 amide bonds. The van der Waals surface area contributed by atoms with Gasteiger partial charge in [-0.05, 0) is 76.6 Å². The van der Waals surface area contributed by atoms with Gasteiger partial charge in [0.15, 0.2) is 6.20 Å². The van der Waals surface area contributed by atoms with Crippen LogP contribution in [0.2, 0.25) is 0 Å². The SMILES string of the molecule is C[n+]1cccc2c(C#N)cccc21.N#Cc1cccc2nc(Br)ccc12.N#Cc1cccc2ncccc12. The summed E-state index contributed by atoms with van der Waals surface area (Å²) in [5.41, 5.74) is 4.87. The summed E-state index contributed by atoms with van der Waals surface area (Å²) in [6.45, 7) is 0. The highest BCUT2D eigenvalue weighted by Crippen LogP contribution is 2.19. The predicted molar refractivity (Wildman–Crippen MR) is 150 cm³/mol. The van der Waals surface area contributed by atoms with Gasteiger partial charge >= 0.3 is 0 Å². The van der Waals surface area contributed by atoms with Crippen LogP contribution in [0.3, 0.4) is 0 Å². The maximum Gasteiger partial charge on any atom is 0.213 e. The molecular formula is C31H20BrN6+. The Kier molecular flexibility index (Phi) is 8.32. The Morgan fingerprint density at radius 3 is 1.89 bits per heavy atom. The van der Waals surface area contributed by atoms with Gasteiger partial charge in [-0.15, -0.1) is 0 Å². The minimum Gasteiger partial charge on any atom is -0.256 e. The zero-order valence-corrected chi connectivity index (χ0v) is 22.0. The van der Waals surface area contributed by atoms with Crippen LogP contribution in [0.1, 0.15) is 16.7 Å². The van der Waals surface area contributed by atoms with Gasteiger partial charge in [-0.25, -0.2) is 9.55 Å². The third kappa shape index (κ3) is 5.79. The van der Waals surface area contributed by atoms with Crippen LogP contribution < -0.4 is 4.57 Å². The van der Waals surface area contributed by atoms with Crippen LogP contribution in [-0.4, -0.2) is 9.97 Å². The Morgan fingerprint density at radius 1 is 0.632 bits per heavy atom. The van der Waals surface area contributed by atoms with E-state index in [4.69, 9.17) is 15.8 Å². The summed E-state index contributed by atoms with van der Waals surface area (Å²) in [7, 11) is 1.98. The molecule has 6 nitrogen and oxygen atoms in total. The van der Waals surface area contributed by atoms with Gasteiger partial charge in [0.25, 0.3) is 0 Å². The first-order valence-electron chi connectivity index (χ1n) is 11.5. The number of hydrogen-bond donors (Lipinski definition) is 0. The Balaban J connectivity index is 0.000000133. The summed E-state index contributed by atoms with van der Waals surface area (Å²) >= 11 is 3.28. The zero-order chi connectivity index (χ0) is 26.9. The molecule has 38 heavy (non-hydrogen) atoms. The van der Waals surface area contributed by atoms with E-state index in [1.165, 1.54) is 0 Å². The fraction of sp³-hybridized carbons (Fsp3) is 0.0323. The van der Waals surface area contributed by atoms with E-state index in [9.17, 15) is 0 Å². The number of nitriles is 3. The molecule has 0 bridgehead atoms. The summed E-state index contributed by atoms with van der Waals surface area (Å²) in [6, 6.07) is 34.6. The maximum absolute atomic E-state index is 8.87. The molecule has 0 fully saturated rings. The number of rotatable bonds is 0. The molecular weight excluding hydrogens is 536 g/mol. The molecule has 3 aromatic heterocycles. The normalized spacial score (nSPS) is 9.76. The fourth-order valence-electron chi connectivity index (χ4n) is 3.91. The van der Waals surface area contributed by atoms with E-state index in [1.54, 1.807) is 18.3 Å². The fourth-order valence-corrected chi connectivity index (χ4v) is 4.23. The number of pyridine rings is 3. The van der Waals surface area contributed by atoms with E-state index >= 15 is 0 Å². The summed E-state index contributed by atoms with van der Waals surface area (Å²) < 4.78 is 2.80. The number of halogens is 1. The van der Waals surface area contributed by atoms with Crippen molar-refractivity contribution in [1.82, 2.24) is 9.97 Å². The van der Waals surface area contributed by atoms with Gasteiger partial charge < -0.3 is 0 Å². The van der Waals surface area contributed by atoms with E-state index in [0.717, 1.165) is 42.9 Å². The Hall–Kier alpha value is -5.16. The minimum absolute atomic E-state index is 0.664. The van der Waals surface area contributed by atoms with Crippen LogP contribution in [0.5, 0.6) is 0 Å². The number of aryl methyl sites for hydroxylation is 1. The average Bonchev–Trinajstić information content (AvgIpc) is 2.97. The third-order valence-electron chi connectivity index (χ3n) is 5.74.